The number of benzene rings is 2. The van der Waals surface area contributed by atoms with Gasteiger partial charge in [-0.3, -0.25) is 0 Å². The van der Waals surface area contributed by atoms with Gasteiger partial charge in [0.25, 0.3) is 5.89 Å². The van der Waals surface area contributed by atoms with E-state index in [0.717, 1.165) is 33.2 Å². The van der Waals surface area contributed by atoms with Crippen molar-refractivity contribution >= 4 is 16.5 Å². The number of hydrogen-bond donors (Lipinski definition) is 0. The molecule has 136 valence electrons. The van der Waals surface area contributed by atoms with Crippen LogP contribution in [0.3, 0.4) is 0 Å². The number of furan rings is 1. The highest BCUT2D eigenvalue weighted by molar-refractivity contribution is 5.87. The molecule has 2 heterocycles. The van der Waals surface area contributed by atoms with Crippen LogP contribution in [0, 0.1) is 6.92 Å². The molecule has 4 heteroatoms. The molecule has 4 nitrogen and oxygen atoms in total. The molecule has 0 saturated heterocycles. The van der Waals surface area contributed by atoms with E-state index in [1.807, 2.05) is 44.2 Å². The van der Waals surface area contributed by atoms with Crippen LogP contribution in [-0.4, -0.2) is 10.1 Å². The van der Waals surface area contributed by atoms with Crippen molar-refractivity contribution in [3.63, 3.8) is 0 Å². The zero-order valence-corrected chi connectivity index (χ0v) is 16.0. The van der Waals surface area contributed by atoms with Gasteiger partial charge in [-0.2, -0.15) is 4.98 Å². The number of allylic oxidation sites excluding steroid dienone is 1. The Morgan fingerprint density at radius 1 is 1.07 bits per heavy atom. The first-order valence-corrected chi connectivity index (χ1v) is 9.07. The quantitative estimate of drug-likeness (QED) is 0.411. The van der Waals surface area contributed by atoms with Crippen molar-refractivity contribution in [1.82, 2.24) is 10.1 Å². The number of aryl methyl sites for hydroxylation is 1. The van der Waals surface area contributed by atoms with Crippen molar-refractivity contribution in [2.75, 3.05) is 0 Å². The number of aromatic nitrogens is 2. The Labute approximate surface area is 158 Å². The Kier molecular flexibility index (Phi) is 4.19. The zero-order chi connectivity index (χ0) is 19.1. The molecular formula is C23H22N2O2. The van der Waals surface area contributed by atoms with Crippen molar-refractivity contribution in [3.8, 4) is 23.0 Å². The average Bonchev–Trinajstić information content (AvgIpc) is 3.29. The van der Waals surface area contributed by atoms with Gasteiger partial charge in [-0.1, -0.05) is 67.6 Å². The minimum Gasteiger partial charge on any atom is -0.451 e. The predicted molar refractivity (Wildman–Crippen MR) is 108 cm³/mol. The van der Waals surface area contributed by atoms with E-state index >= 15 is 0 Å². The second-order valence-electron chi connectivity index (χ2n) is 7.26. The van der Waals surface area contributed by atoms with E-state index in [9.17, 15) is 0 Å². The second kappa shape index (κ2) is 6.54. The maximum atomic E-state index is 6.07. The second-order valence-corrected chi connectivity index (χ2v) is 7.26. The molecule has 2 aromatic carbocycles. The maximum absolute atomic E-state index is 6.07. The van der Waals surface area contributed by atoms with Gasteiger partial charge >= 0.3 is 0 Å². The molecule has 0 aliphatic heterocycles. The van der Waals surface area contributed by atoms with E-state index in [-0.39, 0.29) is 0 Å². The third kappa shape index (κ3) is 3.08. The zero-order valence-electron chi connectivity index (χ0n) is 16.0. The molecule has 0 atom stereocenters. The maximum Gasteiger partial charge on any atom is 0.293 e. The Hall–Kier alpha value is -3.14. The summed E-state index contributed by atoms with van der Waals surface area (Å²) in [5.41, 5.74) is 6.23. The van der Waals surface area contributed by atoms with Gasteiger partial charge < -0.3 is 8.94 Å². The van der Waals surface area contributed by atoms with Crippen molar-refractivity contribution in [1.29, 1.82) is 0 Å². The highest BCUT2D eigenvalue weighted by Gasteiger charge is 2.18. The van der Waals surface area contributed by atoms with Crippen LogP contribution in [0.4, 0.5) is 0 Å². The summed E-state index contributed by atoms with van der Waals surface area (Å²) >= 11 is 0. The SMILES string of the molecule is C=C(C)c1ccc(-c2noc(-c3cc4c(C(C)C)ccc(C)c4o3)n2)cc1. The van der Waals surface area contributed by atoms with Gasteiger partial charge in [0.15, 0.2) is 5.76 Å². The lowest BCUT2D eigenvalue weighted by Crippen LogP contribution is -1.88. The van der Waals surface area contributed by atoms with Crippen molar-refractivity contribution in [3.05, 3.63) is 65.7 Å². The number of hydrogen-bond acceptors (Lipinski definition) is 4. The third-order valence-electron chi connectivity index (χ3n) is 4.81. The van der Waals surface area contributed by atoms with Crippen LogP contribution < -0.4 is 0 Å². The first-order chi connectivity index (χ1) is 12.9. The van der Waals surface area contributed by atoms with E-state index in [0.29, 0.717) is 23.4 Å². The Morgan fingerprint density at radius 3 is 2.48 bits per heavy atom. The smallest absolute Gasteiger partial charge is 0.293 e. The van der Waals surface area contributed by atoms with E-state index in [1.54, 1.807) is 0 Å². The molecule has 27 heavy (non-hydrogen) atoms. The van der Waals surface area contributed by atoms with E-state index in [4.69, 9.17) is 8.94 Å². The van der Waals surface area contributed by atoms with Crippen LogP contribution in [0.25, 0.3) is 39.6 Å². The summed E-state index contributed by atoms with van der Waals surface area (Å²) in [4.78, 5) is 4.53. The van der Waals surface area contributed by atoms with Crippen LogP contribution >= 0.6 is 0 Å². The van der Waals surface area contributed by atoms with Gasteiger partial charge in [0.1, 0.15) is 5.58 Å². The van der Waals surface area contributed by atoms with Gasteiger partial charge in [0.2, 0.25) is 5.82 Å². The van der Waals surface area contributed by atoms with Crippen molar-refractivity contribution < 1.29 is 8.94 Å². The normalized spacial score (nSPS) is 11.4. The number of nitrogens with zero attached hydrogens (tertiary/aromatic N) is 2. The fourth-order valence-electron chi connectivity index (χ4n) is 3.23. The van der Waals surface area contributed by atoms with Gasteiger partial charge in [-0.15, -0.1) is 0 Å². The third-order valence-corrected chi connectivity index (χ3v) is 4.81. The Morgan fingerprint density at radius 2 is 1.81 bits per heavy atom. The molecular weight excluding hydrogens is 336 g/mol. The lowest BCUT2D eigenvalue weighted by atomic mass is 9.97. The van der Waals surface area contributed by atoms with Gasteiger partial charge in [0, 0.05) is 10.9 Å². The minimum absolute atomic E-state index is 0.388. The minimum atomic E-state index is 0.388. The molecule has 2 aromatic heterocycles. The van der Waals surface area contributed by atoms with E-state index in [2.05, 4.69) is 42.7 Å². The lowest BCUT2D eigenvalue weighted by molar-refractivity contribution is 0.420. The molecule has 0 N–H and O–H groups in total. The summed E-state index contributed by atoms with van der Waals surface area (Å²) in [7, 11) is 0. The summed E-state index contributed by atoms with van der Waals surface area (Å²) < 4.78 is 11.5. The molecule has 0 radical (unpaired) electrons. The summed E-state index contributed by atoms with van der Waals surface area (Å²) in [6, 6.07) is 14.2. The standard InChI is InChI=1S/C23H22N2O2/c1-13(2)16-7-9-17(10-8-16)22-24-23(27-25-22)20-12-19-18(14(3)4)11-6-15(5)21(19)26-20/h6-12,14H,1H2,2-5H3. The average molecular weight is 358 g/mol. The molecule has 0 amide bonds. The Balaban J connectivity index is 1.74. The molecule has 0 fully saturated rings. The molecule has 0 bridgehead atoms. The first-order valence-electron chi connectivity index (χ1n) is 9.07. The summed E-state index contributed by atoms with van der Waals surface area (Å²) in [5, 5.41) is 5.22. The highest BCUT2D eigenvalue weighted by atomic mass is 16.5. The molecule has 0 spiro atoms. The van der Waals surface area contributed by atoms with E-state index in [1.165, 1.54) is 5.56 Å². The van der Waals surface area contributed by atoms with Crippen molar-refractivity contribution in [2.24, 2.45) is 0 Å². The molecule has 0 saturated carbocycles. The topological polar surface area (TPSA) is 52.1 Å². The largest absolute Gasteiger partial charge is 0.451 e. The van der Waals surface area contributed by atoms with Gasteiger partial charge in [-0.25, -0.2) is 0 Å². The molecule has 0 unspecified atom stereocenters. The highest BCUT2D eigenvalue weighted by Crippen LogP contribution is 2.34. The van der Waals surface area contributed by atoms with Gasteiger partial charge in [-0.05, 0) is 42.5 Å². The van der Waals surface area contributed by atoms with Gasteiger partial charge in [0.05, 0.1) is 0 Å². The van der Waals surface area contributed by atoms with E-state index < -0.39 is 0 Å². The number of fused-ring (bicyclic) bond motifs is 1. The monoisotopic (exact) mass is 358 g/mol. The fourth-order valence-corrected chi connectivity index (χ4v) is 3.23. The molecule has 0 aliphatic carbocycles. The van der Waals surface area contributed by atoms with Crippen LogP contribution in [-0.2, 0) is 0 Å². The first kappa shape index (κ1) is 17.3. The molecule has 4 rings (SSSR count). The fraction of sp³-hybridized carbons (Fsp3) is 0.217. The summed E-state index contributed by atoms with van der Waals surface area (Å²) in [5.74, 6) is 1.93. The Bertz CT molecular complexity index is 1130. The van der Waals surface area contributed by atoms with Crippen LogP contribution in [0.15, 0.2) is 58.0 Å². The lowest BCUT2D eigenvalue weighted by Gasteiger charge is -2.07. The summed E-state index contributed by atoms with van der Waals surface area (Å²) in [6.07, 6.45) is 0. The van der Waals surface area contributed by atoms with Crippen LogP contribution in [0.2, 0.25) is 0 Å². The summed E-state index contributed by atoms with van der Waals surface area (Å²) in [6.45, 7) is 12.3. The molecule has 4 aromatic rings. The van der Waals surface area contributed by atoms with Crippen LogP contribution in [0.1, 0.15) is 43.4 Å². The van der Waals surface area contributed by atoms with Crippen LogP contribution in [0.5, 0.6) is 0 Å². The molecule has 0 aliphatic rings. The number of rotatable bonds is 4. The predicted octanol–water partition coefficient (Wildman–Crippen LogP) is 6.61. The van der Waals surface area contributed by atoms with Crippen molar-refractivity contribution in [2.45, 2.75) is 33.6 Å².